The number of para-hydroxylation sites is 3. The minimum Gasteiger partial charge on any atom is -0.458 e. The highest BCUT2D eigenvalue weighted by atomic mass is 16.5. The normalized spacial score (nSPS) is 22.5. The van der Waals surface area contributed by atoms with Crippen LogP contribution < -0.4 is 30.4 Å². The van der Waals surface area contributed by atoms with Crippen molar-refractivity contribution in [3.8, 4) is 11.5 Å². The highest BCUT2D eigenvalue weighted by molar-refractivity contribution is 6.89. The fraction of sp³-hybridized carbons (Fsp3) is 0.148. The molecule has 0 bridgehead atoms. The number of hydrogen-bond donors (Lipinski definition) is 0. The molecule has 0 radical (unpaired) electrons. The average Bonchev–Trinajstić information content (AvgIpc) is 3.60. The topological polar surface area (TPSA) is 19.0 Å². The predicted octanol–water partition coefficient (Wildman–Crippen LogP) is 11.6. The molecule has 5 atom stereocenters. The van der Waals surface area contributed by atoms with E-state index in [1.807, 2.05) is 0 Å². The number of anilines is 5. The van der Waals surface area contributed by atoms with Crippen LogP contribution in [0.2, 0.25) is 0 Å². The van der Waals surface area contributed by atoms with Gasteiger partial charge in [0.05, 0.1) is 17.8 Å². The Hall–Kier alpha value is -6.72. The van der Waals surface area contributed by atoms with Crippen LogP contribution in [-0.2, 0) is 0 Å². The van der Waals surface area contributed by atoms with Crippen LogP contribution in [0, 0.1) is 12.8 Å². The van der Waals surface area contributed by atoms with Gasteiger partial charge in [0.25, 0.3) is 0 Å². The van der Waals surface area contributed by atoms with Crippen LogP contribution in [0.15, 0.2) is 194 Å². The Morgan fingerprint density at radius 2 is 1.37 bits per heavy atom. The van der Waals surface area contributed by atoms with Crippen molar-refractivity contribution in [3.05, 3.63) is 216 Å². The Bertz CT molecular complexity index is 2770. The first kappa shape index (κ1) is 34.3. The predicted molar refractivity (Wildman–Crippen MR) is 246 cm³/mol. The molecular formula is C54H44BN3O. The van der Waals surface area contributed by atoms with E-state index in [4.69, 9.17) is 4.74 Å². The fourth-order valence-electron chi connectivity index (χ4n) is 11.1. The van der Waals surface area contributed by atoms with E-state index in [2.05, 4.69) is 217 Å². The lowest BCUT2D eigenvalue weighted by Crippen LogP contribution is -2.63. The molecule has 284 valence electrons. The first-order chi connectivity index (χ1) is 29.1. The zero-order valence-electron chi connectivity index (χ0n) is 33.3. The van der Waals surface area contributed by atoms with Gasteiger partial charge in [-0.1, -0.05) is 128 Å². The molecule has 4 nitrogen and oxygen atoms in total. The molecule has 3 heterocycles. The molecule has 59 heavy (non-hydrogen) atoms. The summed E-state index contributed by atoms with van der Waals surface area (Å²) >= 11 is 0. The summed E-state index contributed by atoms with van der Waals surface area (Å²) in [6.07, 6.45) is 19.8. The number of allylic oxidation sites excluding steroid dienone is 6. The van der Waals surface area contributed by atoms with Crippen molar-refractivity contribution in [2.24, 2.45) is 5.92 Å². The van der Waals surface area contributed by atoms with Crippen molar-refractivity contribution in [2.45, 2.75) is 44.1 Å². The Balaban J connectivity index is 1.13. The second-order valence-corrected chi connectivity index (χ2v) is 16.9. The third-order valence-corrected chi connectivity index (χ3v) is 13.5. The van der Waals surface area contributed by atoms with Crippen molar-refractivity contribution in [1.29, 1.82) is 0 Å². The maximum absolute atomic E-state index is 7.23. The van der Waals surface area contributed by atoms with Crippen molar-refractivity contribution in [1.82, 2.24) is 0 Å². The maximum atomic E-state index is 7.23. The van der Waals surface area contributed by atoms with E-state index >= 15 is 0 Å². The zero-order chi connectivity index (χ0) is 39.2. The second kappa shape index (κ2) is 13.4. The second-order valence-electron chi connectivity index (χ2n) is 16.9. The third kappa shape index (κ3) is 5.23. The Morgan fingerprint density at radius 1 is 0.661 bits per heavy atom. The van der Waals surface area contributed by atoms with E-state index in [1.165, 1.54) is 61.6 Å². The summed E-state index contributed by atoms with van der Waals surface area (Å²) < 4.78 is 7.23. The average molecular weight is 762 g/mol. The number of benzene rings is 6. The van der Waals surface area contributed by atoms with E-state index in [0.717, 1.165) is 29.3 Å². The monoisotopic (exact) mass is 761 g/mol. The Kier molecular flexibility index (Phi) is 7.81. The summed E-state index contributed by atoms with van der Waals surface area (Å²) in [5.41, 5.74) is 16.3. The first-order valence-corrected chi connectivity index (χ1v) is 21.2. The van der Waals surface area contributed by atoms with E-state index in [0.29, 0.717) is 5.92 Å². The minimum absolute atomic E-state index is 0.0208. The number of ether oxygens (including phenoxy) is 1. The number of rotatable bonds is 5. The molecule has 0 amide bonds. The van der Waals surface area contributed by atoms with Crippen LogP contribution in [0.25, 0.3) is 5.70 Å². The lowest BCUT2D eigenvalue weighted by molar-refractivity contribution is 0.484. The Labute approximate surface area is 347 Å². The van der Waals surface area contributed by atoms with Crippen molar-refractivity contribution < 1.29 is 4.74 Å². The molecule has 12 rings (SSSR count). The largest absolute Gasteiger partial charge is 0.458 e. The van der Waals surface area contributed by atoms with Gasteiger partial charge in [-0.2, -0.15) is 0 Å². The lowest BCUT2D eigenvalue weighted by atomic mass is 9.28. The van der Waals surface area contributed by atoms with Crippen molar-refractivity contribution in [2.75, 3.05) is 14.7 Å². The van der Waals surface area contributed by atoms with E-state index < -0.39 is 0 Å². The summed E-state index contributed by atoms with van der Waals surface area (Å²) in [7, 11) is 0. The fourth-order valence-corrected chi connectivity index (χ4v) is 11.1. The number of nitrogens with zero attached hydrogens (tertiary/aromatic N) is 3. The molecule has 0 saturated heterocycles. The lowest BCUT2D eigenvalue weighted by Gasteiger charge is -2.52. The van der Waals surface area contributed by atoms with Gasteiger partial charge < -0.3 is 19.4 Å². The third-order valence-electron chi connectivity index (χ3n) is 13.5. The highest BCUT2D eigenvalue weighted by Crippen LogP contribution is 2.54. The SMILES string of the molecule is Cc1cc2c3c(c1)N(C1=CC=CCC1C)C1C=C(N(c4ccccc4)c4ccccc4)c4ccccc4C1B3c1cc3c(cc1O2)N(c1ccccc1)C1C=CC=CC31. The molecule has 5 unspecified atom stereocenters. The van der Waals surface area contributed by atoms with Crippen molar-refractivity contribution >= 4 is 51.8 Å². The van der Waals surface area contributed by atoms with Crippen LogP contribution in [0.3, 0.4) is 0 Å². The molecule has 0 fully saturated rings. The van der Waals surface area contributed by atoms with Gasteiger partial charge in [0.1, 0.15) is 11.5 Å². The highest BCUT2D eigenvalue weighted by Gasteiger charge is 2.53. The van der Waals surface area contributed by atoms with Gasteiger partial charge in [0.2, 0.25) is 6.71 Å². The smallest absolute Gasteiger partial charge is 0.231 e. The van der Waals surface area contributed by atoms with Crippen LogP contribution in [0.5, 0.6) is 11.5 Å². The van der Waals surface area contributed by atoms with Gasteiger partial charge >= 0.3 is 0 Å². The Morgan fingerprint density at radius 3 is 2.14 bits per heavy atom. The molecule has 6 aliphatic rings. The first-order valence-electron chi connectivity index (χ1n) is 21.2. The van der Waals surface area contributed by atoms with E-state index in [-0.39, 0.29) is 30.5 Å². The number of fused-ring (bicyclic) bond motifs is 9. The molecule has 0 N–H and O–H groups in total. The standard InChI is InChI=1S/C54H44BN3O/c1-35-30-49-54-52(31-35)59-51-34-48-43(41-26-15-17-29-46(41)57(48)39-23-10-5-11-24-39)32-44(51)55(54)53-42-27-14-13-25-40(42)47(33-50(53)58(49)45-28-16-12-18-36(45)2)56(37-19-6-3-7-20-37)38-21-8-4-9-22-38/h3-17,19-34,36,41,46,50,53H,18H2,1-2H3. The molecule has 3 aliphatic carbocycles. The summed E-state index contributed by atoms with van der Waals surface area (Å²) in [5.74, 6) is 2.65. The molecule has 6 aromatic rings. The van der Waals surface area contributed by atoms with Gasteiger partial charge in [0.15, 0.2) is 0 Å². The molecule has 5 heteroatoms. The molecule has 3 aliphatic heterocycles. The van der Waals surface area contributed by atoms with Gasteiger partial charge in [-0.15, -0.1) is 0 Å². The molecule has 0 aromatic heterocycles. The van der Waals surface area contributed by atoms with Gasteiger partial charge in [-0.25, -0.2) is 0 Å². The minimum atomic E-state index is 0.0208. The summed E-state index contributed by atoms with van der Waals surface area (Å²) in [4.78, 5) is 7.69. The summed E-state index contributed by atoms with van der Waals surface area (Å²) in [5, 5.41) is 0. The molecule has 6 aromatic carbocycles. The molecule has 0 saturated carbocycles. The van der Waals surface area contributed by atoms with E-state index in [9.17, 15) is 0 Å². The van der Waals surface area contributed by atoms with Crippen LogP contribution in [-0.4, -0.2) is 18.8 Å². The van der Waals surface area contributed by atoms with Gasteiger partial charge in [-0.05, 0) is 113 Å². The molecule has 0 spiro atoms. The summed E-state index contributed by atoms with van der Waals surface area (Å²) in [6, 6.07) is 51.7. The van der Waals surface area contributed by atoms with Gasteiger partial charge in [-0.3, -0.25) is 0 Å². The van der Waals surface area contributed by atoms with Crippen LogP contribution >= 0.6 is 0 Å². The van der Waals surface area contributed by atoms with Gasteiger partial charge in [0, 0.05) is 51.7 Å². The zero-order valence-corrected chi connectivity index (χ0v) is 33.3. The number of hydrogen-bond acceptors (Lipinski definition) is 4. The van der Waals surface area contributed by atoms with E-state index in [1.54, 1.807) is 0 Å². The van der Waals surface area contributed by atoms with Crippen LogP contribution in [0.4, 0.5) is 28.4 Å². The van der Waals surface area contributed by atoms with Crippen molar-refractivity contribution in [3.63, 3.8) is 0 Å². The summed E-state index contributed by atoms with van der Waals surface area (Å²) in [6.45, 7) is 4.68. The quantitative estimate of drug-likeness (QED) is 0.163. The van der Waals surface area contributed by atoms with Crippen LogP contribution in [0.1, 0.15) is 47.3 Å². The number of aryl methyl sites for hydroxylation is 1. The maximum Gasteiger partial charge on any atom is 0.231 e. The molecular weight excluding hydrogens is 717 g/mol.